The van der Waals surface area contributed by atoms with Gasteiger partial charge in [0.1, 0.15) is 6.10 Å². The molecule has 0 spiro atoms. The van der Waals surface area contributed by atoms with Crippen molar-refractivity contribution in [3.05, 3.63) is 28.7 Å². The van der Waals surface area contributed by atoms with Gasteiger partial charge in [-0.2, -0.15) is 0 Å². The number of carbonyl (C=O) groups excluding carboxylic acids is 2. The fraction of sp³-hybridized carbons (Fsp3) is 0.385. The smallest absolute Gasteiger partial charge is 0.306 e. The van der Waals surface area contributed by atoms with Crippen LogP contribution in [0.3, 0.4) is 0 Å². The average Bonchev–Trinajstić information content (AvgIpc) is 2.45. The molecule has 0 unspecified atom stereocenters. The standard InChI is InChI=1S/C13H14BrCl2NO3/c14-9-1-3-10(4-2-9)17-12(18)5-6-13(19)20-11(7-15)8-16/h1-4,11H,5-8H2,(H,17,18). The Morgan fingerprint density at radius 3 is 2.30 bits per heavy atom. The Bertz CT molecular complexity index is 449. The number of nitrogens with one attached hydrogen (secondary N) is 1. The molecule has 0 radical (unpaired) electrons. The summed E-state index contributed by atoms with van der Waals surface area (Å²) in [5.41, 5.74) is 0.672. The van der Waals surface area contributed by atoms with Crippen molar-refractivity contribution in [2.24, 2.45) is 0 Å². The normalized spacial score (nSPS) is 10.4. The monoisotopic (exact) mass is 381 g/mol. The Labute approximate surface area is 135 Å². The molecule has 0 aromatic heterocycles. The van der Waals surface area contributed by atoms with E-state index in [4.69, 9.17) is 27.9 Å². The van der Waals surface area contributed by atoms with Gasteiger partial charge in [0, 0.05) is 16.6 Å². The number of ether oxygens (including phenoxy) is 1. The average molecular weight is 383 g/mol. The van der Waals surface area contributed by atoms with Crippen molar-refractivity contribution in [1.82, 2.24) is 0 Å². The summed E-state index contributed by atoms with van der Waals surface area (Å²) >= 11 is 14.4. The molecule has 0 aliphatic heterocycles. The largest absolute Gasteiger partial charge is 0.460 e. The van der Waals surface area contributed by atoms with E-state index in [2.05, 4.69) is 21.2 Å². The quantitative estimate of drug-likeness (QED) is 0.579. The summed E-state index contributed by atoms with van der Waals surface area (Å²) in [4.78, 5) is 23.1. The molecule has 7 heteroatoms. The fourth-order valence-corrected chi connectivity index (χ4v) is 2.04. The van der Waals surface area contributed by atoms with Crippen LogP contribution in [0.4, 0.5) is 5.69 Å². The summed E-state index contributed by atoms with van der Waals surface area (Å²) in [7, 11) is 0. The number of esters is 1. The summed E-state index contributed by atoms with van der Waals surface area (Å²) < 4.78 is 5.90. The molecule has 0 fully saturated rings. The molecule has 110 valence electrons. The molecule has 1 aromatic rings. The van der Waals surface area contributed by atoms with Crippen LogP contribution in [0.2, 0.25) is 0 Å². The van der Waals surface area contributed by atoms with Gasteiger partial charge in [-0.05, 0) is 24.3 Å². The van der Waals surface area contributed by atoms with Gasteiger partial charge in [0.05, 0.1) is 18.2 Å². The van der Waals surface area contributed by atoms with Crippen LogP contribution in [0.5, 0.6) is 0 Å². The molecule has 0 saturated heterocycles. The number of anilines is 1. The topological polar surface area (TPSA) is 55.4 Å². The zero-order valence-electron chi connectivity index (χ0n) is 10.6. The molecule has 1 rings (SSSR count). The zero-order chi connectivity index (χ0) is 15.0. The molecule has 0 heterocycles. The van der Waals surface area contributed by atoms with Crippen LogP contribution in [0.1, 0.15) is 12.8 Å². The van der Waals surface area contributed by atoms with Gasteiger partial charge in [-0.15, -0.1) is 23.2 Å². The first-order valence-corrected chi connectivity index (χ1v) is 7.78. The minimum absolute atomic E-state index is 0.00730. The first-order chi connectivity index (χ1) is 9.55. The molecule has 4 nitrogen and oxygen atoms in total. The SMILES string of the molecule is O=C(CCC(=O)OC(CCl)CCl)Nc1ccc(Br)cc1. The van der Waals surface area contributed by atoms with E-state index >= 15 is 0 Å². The Morgan fingerprint density at radius 1 is 1.15 bits per heavy atom. The van der Waals surface area contributed by atoms with E-state index in [1.54, 1.807) is 12.1 Å². The van der Waals surface area contributed by atoms with Crippen LogP contribution in [0.15, 0.2) is 28.7 Å². The van der Waals surface area contributed by atoms with E-state index in [-0.39, 0.29) is 30.5 Å². The number of alkyl halides is 2. The Balaban J connectivity index is 2.32. The maximum atomic E-state index is 11.6. The zero-order valence-corrected chi connectivity index (χ0v) is 13.7. The van der Waals surface area contributed by atoms with E-state index in [9.17, 15) is 9.59 Å². The third-order valence-corrected chi connectivity index (χ3v) is 3.54. The first kappa shape index (κ1) is 17.3. The summed E-state index contributed by atoms with van der Waals surface area (Å²) in [6.07, 6.45) is -0.473. The predicted octanol–water partition coefficient (Wildman–Crippen LogP) is 3.56. The predicted molar refractivity (Wildman–Crippen MR) is 83.3 cm³/mol. The lowest BCUT2D eigenvalue weighted by molar-refractivity contribution is -0.148. The number of hydrogen-bond donors (Lipinski definition) is 1. The van der Waals surface area contributed by atoms with Crippen molar-refractivity contribution in [3.63, 3.8) is 0 Å². The lowest BCUT2D eigenvalue weighted by atomic mass is 10.2. The van der Waals surface area contributed by atoms with Crippen molar-refractivity contribution in [3.8, 4) is 0 Å². The van der Waals surface area contributed by atoms with E-state index in [1.165, 1.54) is 0 Å². The van der Waals surface area contributed by atoms with E-state index < -0.39 is 12.1 Å². The van der Waals surface area contributed by atoms with Crippen molar-refractivity contribution in [2.45, 2.75) is 18.9 Å². The van der Waals surface area contributed by atoms with Gasteiger partial charge >= 0.3 is 5.97 Å². The highest BCUT2D eigenvalue weighted by Gasteiger charge is 2.13. The van der Waals surface area contributed by atoms with Gasteiger partial charge in [-0.25, -0.2) is 0 Å². The third kappa shape index (κ3) is 6.59. The summed E-state index contributed by atoms with van der Waals surface area (Å²) in [5.74, 6) is -0.458. The number of amides is 1. The third-order valence-electron chi connectivity index (χ3n) is 2.33. The van der Waals surface area contributed by atoms with E-state index in [1.807, 2.05) is 12.1 Å². The molecule has 0 atom stereocenters. The number of halogens is 3. The molecule has 0 saturated carbocycles. The second kappa shape index (κ2) is 9.21. The van der Waals surface area contributed by atoms with Crippen LogP contribution in [-0.2, 0) is 14.3 Å². The minimum Gasteiger partial charge on any atom is -0.460 e. The molecule has 0 aliphatic carbocycles. The highest BCUT2D eigenvalue weighted by Crippen LogP contribution is 2.14. The van der Waals surface area contributed by atoms with Crippen molar-refractivity contribution in [1.29, 1.82) is 0 Å². The van der Waals surface area contributed by atoms with Crippen LogP contribution < -0.4 is 5.32 Å². The highest BCUT2D eigenvalue weighted by molar-refractivity contribution is 9.10. The molecule has 0 bridgehead atoms. The van der Waals surface area contributed by atoms with Crippen LogP contribution >= 0.6 is 39.1 Å². The maximum Gasteiger partial charge on any atom is 0.306 e. The maximum absolute atomic E-state index is 11.6. The molecule has 0 aliphatic rings. The van der Waals surface area contributed by atoms with Gasteiger partial charge in [0.2, 0.25) is 5.91 Å². The number of carbonyl (C=O) groups is 2. The number of benzene rings is 1. The van der Waals surface area contributed by atoms with E-state index in [0.717, 1.165) is 4.47 Å². The van der Waals surface area contributed by atoms with Crippen molar-refractivity contribution >= 4 is 56.7 Å². The lowest BCUT2D eigenvalue weighted by Gasteiger charge is -2.12. The fourth-order valence-electron chi connectivity index (χ4n) is 1.32. The molecule has 1 aromatic carbocycles. The van der Waals surface area contributed by atoms with Gasteiger partial charge in [-0.1, -0.05) is 15.9 Å². The van der Waals surface area contributed by atoms with Crippen LogP contribution in [-0.4, -0.2) is 29.7 Å². The molecule has 20 heavy (non-hydrogen) atoms. The minimum atomic E-state index is -0.514. The first-order valence-electron chi connectivity index (χ1n) is 5.92. The molecule has 1 amide bonds. The Morgan fingerprint density at radius 2 is 1.75 bits per heavy atom. The highest BCUT2D eigenvalue weighted by atomic mass is 79.9. The molecular formula is C13H14BrCl2NO3. The second-order valence-corrected chi connectivity index (χ2v) is 5.51. The van der Waals surface area contributed by atoms with Crippen LogP contribution in [0, 0.1) is 0 Å². The van der Waals surface area contributed by atoms with Gasteiger partial charge in [0.15, 0.2) is 0 Å². The van der Waals surface area contributed by atoms with E-state index in [0.29, 0.717) is 5.69 Å². The summed E-state index contributed by atoms with van der Waals surface area (Å²) in [6.45, 7) is 0. The van der Waals surface area contributed by atoms with Gasteiger partial charge in [-0.3, -0.25) is 9.59 Å². The summed E-state index contributed by atoms with van der Waals surface area (Å²) in [5, 5.41) is 2.69. The van der Waals surface area contributed by atoms with Crippen molar-refractivity contribution < 1.29 is 14.3 Å². The summed E-state index contributed by atoms with van der Waals surface area (Å²) in [6, 6.07) is 7.15. The van der Waals surface area contributed by atoms with Gasteiger partial charge < -0.3 is 10.1 Å². The lowest BCUT2D eigenvalue weighted by Crippen LogP contribution is -2.22. The Hall–Kier alpha value is -0.780. The molecular weight excluding hydrogens is 369 g/mol. The van der Waals surface area contributed by atoms with Crippen LogP contribution in [0.25, 0.3) is 0 Å². The second-order valence-electron chi connectivity index (χ2n) is 3.98. The number of hydrogen-bond acceptors (Lipinski definition) is 3. The Kier molecular flexibility index (Phi) is 7.95. The molecule has 1 N–H and O–H groups in total. The number of rotatable bonds is 7. The van der Waals surface area contributed by atoms with Crippen molar-refractivity contribution in [2.75, 3.05) is 17.1 Å². The van der Waals surface area contributed by atoms with Gasteiger partial charge in [0.25, 0.3) is 0 Å².